The van der Waals surface area contributed by atoms with E-state index in [0.29, 0.717) is 42.5 Å². The van der Waals surface area contributed by atoms with Gasteiger partial charge in [0, 0.05) is 41.2 Å². The third kappa shape index (κ3) is 3.38. The summed E-state index contributed by atoms with van der Waals surface area (Å²) >= 11 is 0. The number of aliphatic hydroxyl groups is 1. The molecule has 0 spiro atoms. The summed E-state index contributed by atoms with van der Waals surface area (Å²) < 4.78 is 0. The maximum absolute atomic E-state index is 13.9. The van der Waals surface area contributed by atoms with Crippen LogP contribution in [0.5, 0.6) is 0 Å². The fraction of sp³-hybridized carbons (Fsp3) is 0.767. The molecule has 188 valence electrons. The van der Waals surface area contributed by atoms with E-state index >= 15 is 0 Å². The number of ketones is 3. The average Bonchev–Trinajstić information content (AvgIpc) is 3.07. The molecule has 2 fully saturated rings. The smallest absolute Gasteiger partial charge is 0.160 e. The van der Waals surface area contributed by atoms with Crippen LogP contribution in [0.15, 0.2) is 23.3 Å². The molecule has 0 aliphatic heterocycles. The summed E-state index contributed by atoms with van der Waals surface area (Å²) in [4.78, 5) is 38.9. The third-order valence-electron chi connectivity index (χ3n) is 11.5. The Morgan fingerprint density at radius 1 is 1.09 bits per heavy atom. The molecule has 0 aromatic rings. The lowest BCUT2D eigenvalue weighted by atomic mass is 9.43. The number of allylic oxidation sites excluding steroid dienone is 2. The van der Waals surface area contributed by atoms with Crippen LogP contribution in [0, 0.1) is 39.4 Å². The predicted octanol–water partition coefficient (Wildman–Crippen LogP) is 6.02. The van der Waals surface area contributed by atoms with Gasteiger partial charge in [0.15, 0.2) is 11.6 Å². The zero-order valence-electron chi connectivity index (χ0n) is 22.2. The summed E-state index contributed by atoms with van der Waals surface area (Å²) in [6, 6.07) is 0. The van der Waals surface area contributed by atoms with Gasteiger partial charge in [-0.2, -0.15) is 0 Å². The Balaban J connectivity index is 1.66. The first-order chi connectivity index (χ1) is 15.7. The lowest BCUT2D eigenvalue weighted by molar-refractivity contribution is -0.142. The monoisotopic (exact) mass is 468 g/mol. The standard InChI is InChI=1S/C30H44O4/c1-18(8-9-22(32)19(2)17-31)20-10-15-30(7)26-21(11-14-29(20,30)6)28(5)13-12-25(34)27(3,4)24(28)16-23(26)33/h18,20,24,31H,2,8-17H2,1,3-7H3. The van der Waals surface area contributed by atoms with Gasteiger partial charge >= 0.3 is 0 Å². The van der Waals surface area contributed by atoms with Gasteiger partial charge in [-0.25, -0.2) is 0 Å². The summed E-state index contributed by atoms with van der Waals surface area (Å²) in [5.41, 5.74) is 2.16. The van der Waals surface area contributed by atoms with Crippen molar-refractivity contribution in [3.05, 3.63) is 23.3 Å². The molecule has 1 N–H and O–H groups in total. The van der Waals surface area contributed by atoms with E-state index in [0.717, 1.165) is 44.1 Å². The van der Waals surface area contributed by atoms with Crippen molar-refractivity contribution >= 4 is 17.3 Å². The SMILES string of the molecule is C=C(CO)C(=O)CCC(C)C1CCC2(C)C3=C(CCC12C)C1(C)CCC(=O)C(C)(C)C1CC3=O. The zero-order valence-corrected chi connectivity index (χ0v) is 22.2. The molecule has 4 nitrogen and oxygen atoms in total. The summed E-state index contributed by atoms with van der Waals surface area (Å²) in [6.45, 7) is 16.9. The van der Waals surface area contributed by atoms with Gasteiger partial charge in [-0.05, 0) is 67.1 Å². The fourth-order valence-electron chi connectivity index (χ4n) is 8.95. The first kappa shape index (κ1) is 25.5. The number of fused-ring (bicyclic) bond motifs is 4. The van der Waals surface area contributed by atoms with Crippen molar-refractivity contribution in [3.63, 3.8) is 0 Å². The maximum Gasteiger partial charge on any atom is 0.160 e. The minimum Gasteiger partial charge on any atom is -0.392 e. The van der Waals surface area contributed by atoms with Crippen molar-refractivity contribution in [2.24, 2.45) is 39.4 Å². The van der Waals surface area contributed by atoms with Crippen molar-refractivity contribution in [2.75, 3.05) is 6.61 Å². The largest absolute Gasteiger partial charge is 0.392 e. The lowest BCUT2D eigenvalue weighted by Crippen LogP contribution is -2.56. The van der Waals surface area contributed by atoms with Gasteiger partial charge < -0.3 is 5.11 Å². The predicted molar refractivity (Wildman–Crippen MR) is 134 cm³/mol. The van der Waals surface area contributed by atoms with Gasteiger partial charge in [0.05, 0.1) is 6.61 Å². The Hall–Kier alpha value is -1.55. The van der Waals surface area contributed by atoms with Gasteiger partial charge in [-0.1, -0.05) is 53.7 Å². The van der Waals surface area contributed by atoms with Crippen LogP contribution in [0.25, 0.3) is 0 Å². The van der Waals surface area contributed by atoms with Crippen LogP contribution in [-0.2, 0) is 14.4 Å². The van der Waals surface area contributed by atoms with Crippen LogP contribution in [-0.4, -0.2) is 29.1 Å². The molecule has 0 radical (unpaired) electrons. The molecule has 0 aromatic heterocycles. The number of hydrogen-bond donors (Lipinski definition) is 1. The number of carbonyl (C=O) groups excluding carboxylic acids is 3. The molecule has 0 saturated heterocycles. The highest BCUT2D eigenvalue weighted by Gasteiger charge is 2.65. The summed E-state index contributed by atoms with van der Waals surface area (Å²) in [6.07, 6.45) is 7.33. The van der Waals surface area contributed by atoms with Gasteiger partial charge in [-0.15, -0.1) is 0 Å². The highest BCUT2D eigenvalue weighted by atomic mass is 16.3. The van der Waals surface area contributed by atoms with Crippen molar-refractivity contribution in [1.82, 2.24) is 0 Å². The van der Waals surface area contributed by atoms with E-state index in [-0.39, 0.29) is 40.3 Å². The van der Waals surface area contributed by atoms with Gasteiger partial charge in [0.25, 0.3) is 0 Å². The van der Waals surface area contributed by atoms with Crippen molar-refractivity contribution in [2.45, 2.75) is 99.3 Å². The molecule has 4 aliphatic carbocycles. The quantitative estimate of drug-likeness (QED) is 0.484. The molecular formula is C30H44O4. The van der Waals surface area contributed by atoms with Crippen LogP contribution < -0.4 is 0 Å². The molecular weight excluding hydrogens is 424 g/mol. The minimum atomic E-state index is -0.444. The van der Waals surface area contributed by atoms with E-state index in [9.17, 15) is 19.5 Å². The molecule has 4 rings (SSSR count). The van der Waals surface area contributed by atoms with E-state index in [4.69, 9.17) is 0 Å². The van der Waals surface area contributed by atoms with E-state index in [1.54, 1.807) is 0 Å². The molecule has 4 aliphatic rings. The van der Waals surface area contributed by atoms with E-state index in [2.05, 4.69) is 48.1 Å². The Labute approximate surface area is 205 Å². The third-order valence-corrected chi connectivity index (χ3v) is 11.5. The van der Waals surface area contributed by atoms with Crippen LogP contribution in [0.1, 0.15) is 99.3 Å². The molecule has 6 atom stereocenters. The number of hydrogen-bond acceptors (Lipinski definition) is 4. The van der Waals surface area contributed by atoms with Crippen LogP contribution in [0.2, 0.25) is 0 Å². The van der Waals surface area contributed by atoms with Crippen molar-refractivity contribution in [3.8, 4) is 0 Å². The average molecular weight is 469 g/mol. The number of carbonyl (C=O) groups is 3. The highest BCUT2D eigenvalue weighted by molar-refractivity contribution is 6.01. The first-order valence-corrected chi connectivity index (χ1v) is 13.4. The highest BCUT2D eigenvalue weighted by Crippen LogP contribution is 2.71. The molecule has 0 amide bonds. The number of aliphatic hydroxyl groups excluding tert-OH is 1. The Bertz CT molecular complexity index is 970. The maximum atomic E-state index is 13.9. The van der Waals surface area contributed by atoms with Gasteiger partial charge in [0.2, 0.25) is 0 Å². The topological polar surface area (TPSA) is 71.4 Å². The normalized spacial score (nSPS) is 39.9. The second-order valence-corrected chi connectivity index (χ2v) is 13.2. The second kappa shape index (κ2) is 8.25. The Morgan fingerprint density at radius 2 is 1.76 bits per heavy atom. The molecule has 0 aromatic carbocycles. The van der Waals surface area contributed by atoms with Crippen LogP contribution >= 0.6 is 0 Å². The minimum absolute atomic E-state index is 0.0289. The van der Waals surface area contributed by atoms with Gasteiger partial charge in [-0.3, -0.25) is 14.4 Å². The molecule has 4 heteroatoms. The Kier molecular flexibility index (Phi) is 6.20. The van der Waals surface area contributed by atoms with E-state index in [1.807, 2.05) is 0 Å². The summed E-state index contributed by atoms with van der Waals surface area (Å²) in [5.74, 6) is 1.50. The zero-order chi connectivity index (χ0) is 25.3. The van der Waals surface area contributed by atoms with Crippen molar-refractivity contribution < 1.29 is 19.5 Å². The molecule has 2 saturated carbocycles. The number of Topliss-reactive ketones (excluding diaryl/α,β-unsaturated/α-hetero) is 3. The van der Waals surface area contributed by atoms with Crippen LogP contribution in [0.4, 0.5) is 0 Å². The molecule has 0 heterocycles. The second-order valence-electron chi connectivity index (χ2n) is 13.2. The molecule has 0 bridgehead atoms. The summed E-state index contributed by atoms with van der Waals surface area (Å²) in [7, 11) is 0. The number of rotatable bonds is 6. The lowest BCUT2D eigenvalue weighted by Gasteiger charge is -2.60. The molecule has 6 unspecified atom stereocenters. The van der Waals surface area contributed by atoms with Gasteiger partial charge in [0.1, 0.15) is 5.78 Å². The Morgan fingerprint density at radius 3 is 2.41 bits per heavy atom. The van der Waals surface area contributed by atoms with Crippen LogP contribution in [0.3, 0.4) is 0 Å². The van der Waals surface area contributed by atoms with E-state index in [1.165, 1.54) is 5.57 Å². The summed E-state index contributed by atoms with van der Waals surface area (Å²) in [5, 5.41) is 9.22. The van der Waals surface area contributed by atoms with Crippen molar-refractivity contribution in [1.29, 1.82) is 0 Å². The fourth-order valence-corrected chi connectivity index (χ4v) is 8.95. The van der Waals surface area contributed by atoms with E-state index < -0.39 is 5.41 Å². The molecule has 34 heavy (non-hydrogen) atoms. The first-order valence-electron chi connectivity index (χ1n) is 13.4.